The molecule has 0 saturated heterocycles. The van der Waals surface area contributed by atoms with E-state index in [0.717, 1.165) is 0 Å². The van der Waals surface area contributed by atoms with Crippen molar-refractivity contribution < 1.29 is 29.4 Å². The van der Waals surface area contributed by atoms with Crippen molar-refractivity contribution in [2.24, 2.45) is 34.0 Å². The maximum atomic E-state index is 13.4. The van der Waals surface area contributed by atoms with Crippen LogP contribution in [0.3, 0.4) is 0 Å². The van der Waals surface area contributed by atoms with E-state index in [1.807, 2.05) is 27.7 Å². The average molecular weight is 564 g/mol. The number of rotatable bonds is 17. The van der Waals surface area contributed by atoms with Gasteiger partial charge in [0, 0.05) is 13.0 Å². The van der Waals surface area contributed by atoms with E-state index in [1.165, 1.54) is 12.1 Å². The maximum Gasteiger partial charge on any atom is 0.326 e. The van der Waals surface area contributed by atoms with Crippen LogP contribution in [-0.4, -0.2) is 70.6 Å². The Bertz CT molecular complexity index is 1010. The molecule has 5 unspecified atom stereocenters. The van der Waals surface area contributed by atoms with Gasteiger partial charge in [-0.25, -0.2) is 4.79 Å². The van der Waals surface area contributed by atoms with Gasteiger partial charge in [-0.1, -0.05) is 46.2 Å². The minimum Gasteiger partial charge on any atom is -0.508 e. The summed E-state index contributed by atoms with van der Waals surface area (Å²) in [4.78, 5) is 55.1. The number of carboxylic acids is 1. The summed E-state index contributed by atoms with van der Waals surface area (Å²) in [6.07, 6.45) is 1.33. The Morgan fingerprint density at radius 1 is 0.900 bits per heavy atom. The zero-order valence-electron chi connectivity index (χ0n) is 23.7. The molecule has 0 spiro atoms. The summed E-state index contributed by atoms with van der Waals surface area (Å²) in [6.45, 7) is 7.72. The largest absolute Gasteiger partial charge is 0.508 e. The first kappa shape index (κ1) is 34.2. The summed E-state index contributed by atoms with van der Waals surface area (Å²) in [7, 11) is 0. The van der Waals surface area contributed by atoms with Crippen LogP contribution in [0.2, 0.25) is 0 Å². The maximum absolute atomic E-state index is 13.4. The van der Waals surface area contributed by atoms with Gasteiger partial charge in [-0.05, 0) is 48.8 Å². The molecule has 0 aliphatic carbocycles. The number of aliphatic imine (C=N–C) groups is 1. The van der Waals surface area contributed by atoms with Crippen molar-refractivity contribution in [3.63, 3.8) is 0 Å². The molecule has 40 heavy (non-hydrogen) atoms. The quantitative estimate of drug-likeness (QED) is 0.0719. The summed E-state index contributed by atoms with van der Waals surface area (Å²) in [5.41, 5.74) is 17.3. The summed E-state index contributed by atoms with van der Waals surface area (Å²) >= 11 is 0. The number of carboxylic acid groups (broad SMARTS) is 1. The monoisotopic (exact) mass is 563 g/mol. The highest BCUT2D eigenvalue weighted by molar-refractivity contribution is 5.94. The first-order valence-electron chi connectivity index (χ1n) is 13.5. The van der Waals surface area contributed by atoms with Gasteiger partial charge in [0.25, 0.3) is 0 Å². The molecular weight excluding hydrogens is 518 g/mol. The fourth-order valence-electron chi connectivity index (χ4n) is 3.87. The number of nitrogens with two attached hydrogens (primary N) is 3. The van der Waals surface area contributed by atoms with Gasteiger partial charge >= 0.3 is 5.97 Å². The molecule has 0 aliphatic rings. The third-order valence-electron chi connectivity index (χ3n) is 6.47. The zero-order chi connectivity index (χ0) is 30.4. The van der Waals surface area contributed by atoms with Gasteiger partial charge in [0.2, 0.25) is 17.7 Å². The number of nitrogens with one attached hydrogen (secondary N) is 3. The van der Waals surface area contributed by atoms with E-state index in [0.29, 0.717) is 24.8 Å². The summed E-state index contributed by atoms with van der Waals surface area (Å²) in [5.74, 6) is -3.21. The molecule has 0 saturated carbocycles. The predicted octanol–water partition coefficient (Wildman–Crippen LogP) is -0.0532. The van der Waals surface area contributed by atoms with Crippen LogP contribution in [0.1, 0.15) is 58.9 Å². The number of hydrogen-bond donors (Lipinski definition) is 8. The molecule has 0 aliphatic heterocycles. The second-order valence-electron chi connectivity index (χ2n) is 10.4. The molecule has 0 fully saturated rings. The van der Waals surface area contributed by atoms with Crippen molar-refractivity contribution in [1.82, 2.24) is 16.0 Å². The number of aliphatic carboxylic acids is 1. The van der Waals surface area contributed by atoms with Gasteiger partial charge in [0.15, 0.2) is 5.96 Å². The molecular formula is C27H45N7O6. The van der Waals surface area contributed by atoms with Gasteiger partial charge < -0.3 is 43.4 Å². The van der Waals surface area contributed by atoms with Crippen LogP contribution in [0, 0.1) is 11.8 Å². The third kappa shape index (κ3) is 12.3. The van der Waals surface area contributed by atoms with Crippen molar-refractivity contribution in [2.75, 3.05) is 6.54 Å². The molecule has 0 radical (unpaired) electrons. The van der Waals surface area contributed by atoms with Gasteiger partial charge in [-0.15, -0.1) is 0 Å². The van der Waals surface area contributed by atoms with Gasteiger partial charge in [0.05, 0.1) is 6.04 Å². The molecule has 0 aromatic heterocycles. The van der Waals surface area contributed by atoms with Crippen molar-refractivity contribution >= 4 is 29.7 Å². The summed E-state index contributed by atoms with van der Waals surface area (Å²) < 4.78 is 0. The second-order valence-corrected chi connectivity index (χ2v) is 10.4. The van der Waals surface area contributed by atoms with Crippen molar-refractivity contribution in [1.29, 1.82) is 0 Å². The number of guanidine groups is 1. The lowest BCUT2D eigenvalue weighted by atomic mass is 9.97. The van der Waals surface area contributed by atoms with Crippen molar-refractivity contribution in [3.05, 3.63) is 29.8 Å². The molecule has 0 heterocycles. The lowest BCUT2D eigenvalue weighted by Crippen LogP contribution is -2.58. The Morgan fingerprint density at radius 2 is 1.45 bits per heavy atom. The van der Waals surface area contributed by atoms with E-state index >= 15 is 0 Å². The van der Waals surface area contributed by atoms with Crippen LogP contribution in [0.25, 0.3) is 0 Å². The lowest BCUT2D eigenvalue weighted by Gasteiger charge is -2.27. The second kappa shape index (κ2) is 17.0. The number of nitrogens with zero attached hydrogens (tertiary/aromatic N) is 1. The molecule has 13 nitrogen and oxygen atoms in total. The molecule has 13 heteroatoms. The van der Waals surface area contributed by atoms with Crippen molar-refractivity contribution in [2.45, 2.75) is 84.0 Å². The van der Waals surface area contributed by atoms with E-state index in [-0.39, 0.29) is 42.9 Å². The topological polar surface area (TPSA) is 235 Å². The summed E-state index contributed by atoms with van der Waals surface area (Å²) in [6, 6.07) is 1.86. The Balaban J connectivity index is 3.15. The number of benzene rings is 1. The molecule has 11 N–H and O–H groups in total. The van der Waals surface area contributed by atoms with Crippen LogP contribution in [-0.2, 0) is 25.6 Å². The number of carbonyl (C=O) groups is 4. The first-order chi connectivity index (χ1) is 18.7. The Kier molecular flexibility index (Phi) is 14.5. The Hall–Kier alpha value is -3.87. The lowest BCUT2D eigenvalue weighted by molar-refractivity contribution is -0.142. The Morgan fingerprint density at radius 3 is 1.98 bits per heavy atom. The van der Waals surface area contributed by atoms with Crippen LogP contribution in [0.5, 0.6) is 5.75 Å². The fourth-order valence-corrected chi connectivity index (χ4v) is 3.87. The number of amides is 3. The normalized spacial score (nSPS) is 14.8. The minimum atomic E-state index is -1.25. The summed E-state index contributed by atoms with van der Waals surface area (Å²) in [5, 5.41) is 27.1. The Labute approximate surface area is 235 Å². The van der Waals surface area contributed by atoms with Crippen molar-refractivity contribution in [3.8, 4) is 5.75 Å². The smallest absolute Gasteiger partial charge is 0.326 e. The van der Waals surface area contributed by atoms with Crippen LogP contribution < -0.4 is 33.2 Å². The van der Waals surface area contributed by atoms with Crippen LogP contribution in [0.15, 0.2) is 29.3 Å². The molecule has 3 amide bonds. The van der Waals surface area contributed by atoms with E-state index < -0.39 is 47.9 Å². The average Bonchev–Trinajstić information content (AvgIpc) is 2.88. The minimum absolute atomic E-state index is 0.00687. The predicted molar refractivity (Wildman–Crippen MR) is 152 cm³/mol. The van der Waals surface area contributed by atoms with E-state index in [4.69, 9.17) is 17.2 Å². The van der Waals surface area contributed by atoms with Gasteiger partial charge in [-0.2, -0.15) is 0 Å². The van der Waals surface area contributed by atoms with E-state index in [1.54, 1.807) is 12.1 Å². The molecule has 1 aromatic carbocycles. The molecule has 5 atom stereocenters. The van der Waals surface area contributed by atoms with Crippen LogP contribution >= 0.6 is 0 Å². The zero-order valence-corrected chi connectivity index (χ0v) is 23.7. The molecule has 224 valence electrons. The molecule has 1 rings (SSSR count). The number of phenolic OH excluding ortho intramolecular Hbond substituents is 1. The number of carbonyl (C=O) groups excluding carboxylic acids is 3. The molecule has 1 aromatic rings. The van der Waals surface area contributed by atoms with E-state index in [2.05, 4.69) is 20.9 Å². The highest BCUT2D eigenvalue weighted by Gasteiger charge is 2.31. The number of hydrogen-bond acceptors (Lipinski definition) is 7. The highest BCUT2D eigenvalue weighted by Crippen LogP contribution is 2.13. The molecule has 0 bridgehead atoms. The van der Waals surface area contributed by atoms with E-state index in [9.17, 15) is 29.4 Å². The highest BCUT2D eigenvalue weighted by atomic mass is 16.4. The van der Waals surface area contributed by atoms with Crippen LogP contribution in [0.4, 0.5) is 0 Å². The van der Waals surface area contributed by atoms with Gasteiger partial charge in [0.1, 0.15) is 23.9 Å². The fraction of sp³-hybridized carbons (Fsp3) is 0.593. The standard InChI is InChI=1S/C27H45N7O6/c1-5-16(4)22(28)25(38)34-20(13-15(2)3)23(36)33-21(14-17-8-10-18(35)11-9-17)24(37)32-19(26(39)40)7-6-12-31-27(29)30/h8-11,15-16,19-22,35H,5-7,12-14,28H2,1-4H3,(H,32,37)(H,33,36)(H,34,38)(H,39,40)(H4,29,30,31). The SMILES string of the molecule is CCC(C)C(N)C(=O)NC(CC(C)C)C(=O)NC(Cc1ccc(O)cc1)C(=O)NC(CCCN=C(N)N)C(=O)O. The third-order valence-corrected chi connectivity index (χ3v) is 6.47. The first-order valence-corrected chi connectivity index (χ1v) is 13.5. The van der Waals surface area contributed by atoms with Gasteiger partial charge in [-0.3, -0.25) is 19.4 Å². The number of phenols is 1. The number of aromatic hydroxyl groups is 1.